The highest BCUT2D eigenvalue weighted by Crippen LogP contribution is 2.36. The van der Waals surface area contributed by atoms with E-state index >= 15 is 0 Å². The van der Waals surface area contributed by atoms with Gasteiger partial charge in [-0.1, -0.05) is 30.3 Å². The molecule has 1 saturated carbocycles. The molecule has 0 unspecified atom stereocenters. The fourth-order valence-corrected chi connectivity index (χ4v) is 5.47. The Morgan fingerprint density at radius 2 is 1.73 bits per heavy atom. The van der Waals surface area contributed by atoms with Gasteiger partial charge in [-0.3, -0.25) is 14.6 Å². The number of nitrogens with zero attached hydrogens (tertiary/aromatic N) is 5. The number of tetrazole rings is 1. The maximum absolute atomic E-state index is 13.9. The maximum Gasteiger partial charge on any atom is 0.433 e. The smallest absolute Gasteiger partial charge is 0.330 e. The number of hydrogen-bond donors (Lipinski definition) is 3. The van der Waals surface area contributed by atoms with Crippen molar-refractivity contribution in [2.45, 2.75) is 44.3 Å². The van der Waals surface area contributed by atoms with Crippen molar-refractivity contribution in [2.75, 3.05) is 11.4 Å². The molecule has 232 valence electrons. The number of rotatable bonds is 8. The first-order valence-corrected chi connectivity index (χ1v) is 13.9. The zero-order valence-electron chi connectivity index (χ0n) is 23.6. The van der Waals surface area contributed by atoms with Gasteiger partial charge in [-0.05, 0) is 91.2 Å². The van der Waals surface area contributed by atoms with Gasteiger partial charge in [0.1, 0.15) is 0 Å². The summed E-state index contributed by atoms with van der Waals surface area (Å²) in [6, 6.07) is 14.6. The second-order valence-electron chi connectivity index (χ2n) is 10.7. The highest BCUT2D eigenvalue weighted by Gasteiger charge is 2.36. The summed E-state index contributed by atoms with van der Waals surface area (Å²) in [5.41, 5.74) is 13.0. The molecular formula is C30H32ClF3N8O2. The van der Waals surface area contributed by atoms with E-state index < -0.39 is 23.8 Å². The Labute approximate surface area is 257 Å². The zero-order valence-corrected chi connectivity index (χ0v) is 24.4. The minimum Gasteiger partial charge on any atom is -0.330 e. The van der Waals surface area contributed by atoms with Crippen LogP contribution in [0.4, 0.5) is 18.9 Å². The standard InChI is InChI=1S/C30H31F3N8O2.ClH/c31-30(32,33)26-24(5-2-14-36-26)22-4-1-3-19(15-22)16-25(35)29(43)41(28(42)21-8-6-18(17-34)7-9-21)23-12-10-20(11-13-23)27-37-39-40-38-27;/h1-5,10-15,18,21,25H,6-9,16-17,34-35H2,(H,37,38,39,40);1H/t18?,21?,25-;/m0./s1. The lowest BCUT2D eigenvalue weighted by Crippen LogP contribution is -2.50. The van der Waals surface area contributed by atoms with E-state index in [-0.39, 0.29) is 36.2 Å². The molecule has 1 atom stereocenters. The van der Waals surface area contributed by atoms with E-state index in [1.807, 2.05) is 0 Å². The van der Waals surface area contributed by atoms with E-state index in [2.05, 4.69) is 25.6 Å². The van der Waals surface area contributed by atoms with Crippen molar-refractivity contribution in [3.63, 3.8) is 0 Å². The molecule has 0 aliphatic heterocycles. The van der Waals surface area contributed by atoms with Crippen LogP contribution in [0.15, 0.2) is 66.9 Å². The zero-order chi connectivity index (χ0) is 30.6. The summed E-state index contributed by atoms with van der Waals surface area (Å²) in [5, 5.41) is 13.8. The summed E-state index contributed by atoms with van der Waals surface area (Å²) in [4.78, 5) is 32.4. The van der Waals surface area contributed by atoms with Crippen LogP contribution in [0.3, 0.4) is 0 Å². The van der Waals surface area contributed by atoms with Crippen LogP contribution < -0.4 is 16.4 Å². The van der Waals surface area contributed by atoms with Crippen LogP contribution in [0.1, 0.15) is 36.9 Å². The molecule has 0 bridgehead atoms. The summed E-state index contributed by atoms with van der Waals surface area (Å²) < 4.78 is 40.8. The van der Waals surface area contributed by atoms with Gasteiger partial charge in [0.05, 0.1) is 11.7 Å². The minimum atomic E-state index is -4.64. The monoisotopic (exact) mass is 628 g/mol. The first kappa shape index (κ1) is 32.7. The van der Waals surface area contributed by atoms with Crippen LogP contribution in [0, 0.1) is 11.8 Å². The molecule has 0 saturated heterocycles. The number of alkyl halides is 3. The molecule has 5 N–H and O–H groups in total. The van der Waals surface area contributed by atoms with Crippen LogP contribution in [-0.2, 0) is 22.2 Å². The van der Waals surface area contributed by atoms with Gasteiger partial charge in [-0.2, -0.15) is 18.4 Å². The van der Waals surface area contributed by atoms with Gasteiger partial charge in [0.2, 0.25) is 11.7 Å². The lowest BCUT2D eigenvalue weighted by atomic mass is 9.81. The average molecular weight is 629 g/mol. The van der Waals surface area contributed by atoms with Gasteiger partial charge >= 0.3 is 6.18 Å². The quantitative estimate of drug-likeness (QED) is 0.256. The lowest BCUT2D eigenvalue weighted by molar-refractivity contribution is -0.140. The van der Waals surface area contributed by atoms with E-state index in [0.717, 1.165) is 23.9 Å². The predicted octanol–water partition coefficient (Wildman–Crippen LogP) is 4.56. The van der Waals surface area contributed by atoms with E-state index in [1.165, 1.54) is 12.1 Å². The number of imide groups is 1. The number of halogens is 4. The van der Waals surface area contributed by atoms with Crippen molar-refractivity contribution in [1.29, 1.82) is 0 Å². The average Bonchev–Trinajstić information content (AvgIpc) is 3.56. The number of aromatic nitrogens is 5. The second kappa shape index (κ2) is 14.1. The van der Waals surface area contributed by atoms with Gasteiger partial charge in [0, 0.05) is 23.2 Å². The number of nitrogens with two attached hydrogens (primary N) is 2. The molecule has 2 aromatic heterocycles. The SMILES string of the molecule is Cl.NCC1CCC(C(=O)N(C(=O)[C@@H](N)Cc2cccc(-c3cccnc3C(F)(F)F)c2)c2ccc(-c3nn[nH]n3)cc2)CC1. The Bertz CT molecular complexity index is 1560. The molecule has 2 heterocycles. The molecule has 10 nitrogen and oxygen atoms in total. The predicted molar refractivity (Wildman–Crippen MR) is 160 cm³/mol. The number of hydrogen-bond acceptors (Lipinski definition) is 8. The van der Waals surface area contributed by atoms with Gasteiger partial charge in [-0.15, -0.1) is 22.6 Å². The topological polar surface area (TPSA) is 157 Å². The highest BCUT2D eigenvalue weighted by atomic mass is 35.5. The molecule has 4 aromatic rings. The first-order valence-electron chi connectivity index (χ1n) is 13.9. The van der Waals surface area contributed by atoms with Crippen molar-refractivity contribution < 1.29 is 22.8 Å². The number of carbonyl (C=O) groups excluding carboxylic acids is 2. The van der Waals surface area contributed by atoms with Crippen LogP contribution >= 0.6 is 12.4 Å². The van der Waals surface area contributed by atoms with Gasteiger partial charge in [-0.25, -0.2) is 4.90 Å². The molecule has 5 rings (SSSR count). The molecule has 0 spiro atoms. The van der Waals surface area contributed by atoms with Crippen LogP contribution in [0.5, 0.6) is 0 Å². The number of H-pyrrole nitrogens is 1. The number of pyridine rings is 1. The summed E-state index contributed by atoms with van der Waals surface area (Å²) in [5.74, 6) is -0.627. The number of amides is 2. The normalized spacial score (nSPS) is 17.4. The van der Waals surface area contributed by atoms with E-state index in [0.29, 0.717) is 53.5 Å². The third kappa shape index (κ3) is 7.29. The van der Waals surface area contributed by atoms with Crippen molar-refractivity contribution in [3.05, 3.63) is 78.1 Å². The number of aromatic amines is 1. The van der Waals surface area contributed by atoms with Gasteiger partial charge in [0.15, 0.2) is 5.69 Å². The minimum absolute atomic E-state index is 0. The third-order valence-electron chi connectivity index (χ3n) is 7.79. The van der Waals surface area contributed by atoms with E-state index in [9.17, 15) is 22.8 Å². The Kier molecular flexibility index (Phi) is 10.4. The Morgan fingerprint density at radius 3 is 2.36 bits per heavy atom. The summed E-state index contributed by atoms with van der Waals surface area (Å²) >= 11 is 0. The number of benzene rings is 2. The molecular weight excluding hydrogens is 597 g/mol. The van der Waals surface area contributed by atoms with Crippen LogP contribution in [0.2, 0.25) is 0 Å². The molecule has 1 aliphatic carbocycles. The fourth-order valence-electron chi connectivity index (χ4n) is 5.47. The Hall–Kier alpha value is -4.20. The summed E-state index contributed by atoms with van der Waals surface area (Å²) in [7, 11) is 0. The van der Waals surface area contributed by atoms with Gasteiger partial charge < -0.3 is 11.5 Å². The van der Waals surface area contributed by atoms with E-state index in [4.69, 9.17) is 11.5 Å². The number of carbonyl (C=O) groups is 2. The molecule has 44 heavy (non-hydrogen) atoms. The van der Waals surface area contributed by atoms with Crippen molar-refractivity contribution in [1.82, 2.24) is 25.6 Å². The molecule has 2 amide bonds. The Balaban J connectivity index is 0.00000442. The Morgan fingerprint density at radius 1 is 1.00 bits per heavy atom. The number of nitrogens with one attached hydrogen (secondary N) is 1. The molecule has 2 aromatic carbocycles. The molecule has 14 heteroatoms. The van der Waals surface area contributed by atoms with Crippen molar-refractivity contribution in [3.8, 4) is 22.5 Å². The van der Waals surface area contributed by atoms with Crippen molar-refractivity contribution in [2.24, 2.45) is 23.3 Å². The van der Waals surface area contributed by atoms with Gasteiger partial charge in [0.25, 0.3) is 5.91 Å². The van der Waals surface area contributed by atoms with Crippen LogP contribution in [0.25, 0.3) is 22.5 Å². The largest absolute Gasteiger partial charge is 0.433 e. The maximum atomic E-state index is 13.9. The molecule has 1 aliphatic rings. The third-order valence-corrected chi connectivity index (χ3v) is 7.79. The fraction of sp³-hybridized carbons (Fsp3) is 0.333. The highest BCUT2D eigenvalue weighted by molar-refractivity contribution is 6.17. The summed E-state index contributed by atoms with van der Waals surface area (Å²) in [6.07, 6.45) is -0.753. The second-order valence-corrected chi connectivity index (χ2v) is 10.7. The molecule has 1 fully saturated rings. The van der Waals surface area contributed by atoms with E-state index in [1.54, 1.807) is 48.5 Å². The summed E-state index contributed by atoms with van der Waals surface area (Å²) in [6.45, 7) is 0.550. The van der Waals surface area contributed by atoms with Crippen LogP contribution in [-0.4, -0.2) is 50.0 Å². The first-order chi connectivity index (χ1) is 20.7. The lowest BCUT2D eigenvalue weighted by Gasteiger charge is -2.32. The molecule has 0 radical (unpaired) electrons. The number of anilines is 1. The van der Waals surface area contributed by atoms with Crippen molar-refractivity contribution >= 4 is 29.9 Å².